The number of nitrogens with zero attached hydrogens (tertiary/aromatic N) is 2. The highest BCUT2D eigenvalue weighted by atomic mass is 19.4. The SMILES string of the molecule is CN=C(NCCC(=O)NCc1ccccc1)N(C)Cc1ccc(C(F)(F)F)cc1. The molecule has 0 heterocycles. The van der Waals surface area contributed by atoms with Crippen LogP contribution in [0.3, 0.4) is 0 Å². The minimum absolute atomic E-state index is 0.0813. The van der Waals surface area contributed by atoms with Gasteiger partial charge in [-0.1, -0.05) is 42.5 Å². The standard InChI is InChI=1S/C21H25F3N4O/c1-25-20(26-13-12-19(29)27-14-16-6-4-3-5-7-16)28(2)15-17-8-10-18(11-9-17)21(22,23)24/h3-11H,12-15H2,1-2H3,(H,25,26)(H,27,29). The molecule has 2 N–H and O–H groups in total. The fraction of sp³-hybridized carbons (Fsp3) is 0.333. The molecule has 5 nitrogen and oxygen atoms in total. The maximum absolute atomic E-state index is 12.6. The Morgan fingerprint density at radius 1 is 1.00 bits per heavy atom. The second-order valence-electron chi connectivity index (χ2n) is 6.54. The van der Waals surface area contributed by atoms with Crippen LogP contribution in [0.1, 0.15) is 23.1 Å². The molecule has 0 aromatic heterocycles. The van der Waals surface area contributed by atoms with Gasteiger partial charge in [0, 0.05) is 40.2 Å². The number of carbonyl (C=O) groups is 1. The Morgan fingerprint density at radius 3 is 2.24 bits per heavy atom. The van der Waals surface area contributed by atoms with Gasteiger partial charge in [-0.3, -0.25) is 9.79 Å². The van der Waals surface area contributed by atoms with E-state index in [1.54, 1.807) is 19.0 Å². The van der Waals surface area contributed by atoms with Gasteiger partial charge in [0.05, 0.1) is 5.56 Å². The maximum Gasteiger partial charge on any atom is 0.416 e. The van der Waals surface area contributed by atoms with Gasteiger partial charge in [0.15, 0.2) is 5.96 Å². The molecule has 29 heavy (non-hydrogen) atoms. The first-order chi connectivity index (χ1) is 13.8. The molecule has 0 atom stereocenters. The fourth-order valence-electron chi connectivity index (χ4n) is 2.71. The summed E-state index contributed by atoms with van der Waals surface area (Å²) in [5.74, 6) is 0.475. The zero-order valence-corrected chi connectivity index (χ0v) is 16.5. The zero-order chi connectivity index (χ0) is 21.3. The summed E-state index contributed by atoms with van der Waals surface area (Å²) < 4.78 is 37.9. The van der Waals surface area contributed by atoms with Crippen molar-refractivity contribution in [3.63, 3.8) is 0 Å². The molecule has 2 rings (SSSR count). The molecule has 0 aliphatic heterocycles. The van der Waals surface area contributed by atoms with E-state index in [0.29, 0.717) is 25.6 Å². The predicted octanol–water partition coefficient (Wildman–Crippen LogP) is 3.42. The summed E-state index contributed by atoms with van der Waals surface area (Å²) in [5, 5.41) is 5.94. The number of rotatable bonds is 7. The third kappa shape index (κ3) is 7.48. The third-order valence-electron chi connectivity index (χ3n) is 4.24. The van der Waals surface area contributed by atoms with Gasteiger partial charge in [-0.05, 0) is 23.3 Å². The van der Waals surface area contributed by atoms with Crippen molar-refractivity contribution in [1.82, 2.24) is 15.5 Å². The van der Waals surface area contributed by atoms with Gasteiger partial charge in [-0.2, -0.15) is 13.2 Å². The van der Waals surface area contributed by atoms with Crippen molar-refractivity contribution in [3.05, 3.63) is 71.3 Å². The summed E-state index contributed by atoms with van der Waals surface area (Å²) in [7, 11) is 3.39. The summed E-state index contributed by atoms with van der Waals surface area (Å²) >= 11 is 0. The Kier molecular flexibility index (Phi) is 8.06. The summed E-state index contributed by atoms with van der Waals surface area (Å²) in [6.07, 6.45) is -4.07. The predicted molar refractivity (Wildman–Crippen MR) is 107 cm³/mol. The lowest BCUT2D eigenvalue weighted by atomic mass is 10.1. The van der Waals surface area contributed by atoms with E-state index in [0.717, 1.165) is 23.3 Å². The van der Waals surface area contributed by atoms with Crippen LogP contribution in [0, 0.1) is 0 Å². The van der Waals surface area contributed by atoms with Crippen molar-refractivity contribution in [3.8, 4) is 0 Å². The molecule has 0 fully saturated rings. The molecule has 0 unspecified atom stereocenters. The number of benzene rings is 2. The largest absolute Gasteiger partial charge is 0.416 e. The Hall–Kier alpha value is -3.03. The summed E-state index contributed by atoms with van der Waals surface area (Å²) in [4.78, 5) is 17.9. The summed E-state index contributed by atoms with van der Waals surface area (Å²) in [6.45, 7) is 1.25. The van der Waals surface area contributed by atoms with Gasteiger partial charge in [-0.25, -0.2) is 0 Å². The first kappa shape index (κ1) is 22.3. The van der Waals surface area contributed by atoms with E-state index in [-0.39, 0.29) is 12.3 Å². The van der Waals surface area contributed by atoms with Gasteiger partial charge in [0.25, 0.3) is 0 Å². The van der Waals surface area contributed by atoms with Gasteiger partial charge >= 0.3 is 6.18 Å². The minimum Gasteiger partial charge on any atom is -0.356 e. The lowest BCUT2D eigenvalue weighted by molar-refractivity contribution is -0.137. The number of halogens is 3. The number of hydrogen-bond acceptors (Lipinski definition) is 2. The van der Waals surface area contributed by atoms with E-state index in [1.165, 1.54) is 12.1 Å². The molecule has 1 amide bonds. The second-order valence-corrected chi connectivity index (χ2v) is 6.54. The van der Waals surface area contributed by atoms with E-state index < -0.39 is 11.7 Å². The lowest BCUT2D eigenvalue weighted by Gasteiger charge is -2.22. The van der Waals surface area contributed by atoms with Crippen molar-refractivity contribution in [2.45, 2.75) is 25.7 Å². The molecule has 0 spiro atoms. The Labute approximate surface area is 168 Å². The Bertz CT molecular complexity index is 805. The molecular formula is C21H25F3N4O. The van der Waals surface area contributed by atoms with E-state index >= 15 is 0 Å². The van der Waals surface area contributed by atoms with Crippen LogP contribution < -0.4 is 10.6 Å². The van der Waals surface area contributed by atoms with Crippen LogP contribution in [-0.4, -0.2) is 37.4 Å². The Balaban J connectivity index is 1.76. The maximum atomic E-state index is 12.6. The molecule has 0 aliphatic carbocycles. The topological polar surface area (TPSA) is 56.7 Å². The molecule has 2 aromatic rings. The molecule has 0 saturated carbocycles. The van der Waals surface area contributed by atoms with Gasteiger partial charge in [0.1, 0.15) is 0 Å². The van der Waals surface area contributed by atoms with Crippen LogP contribution in [0.15, 0.2) is 59.6 Å². The van der Waals surface area contributed by atoms with Crippen LogP contribution in [-0.2, 0) is 24.1 Å². The van der Waals surface area contributed by atoms with Gasteiger partial charge in [0.2, 0.25) is 5.91 Å². The summed E-state index contributed by atoms with van der Waals surface area (Å²) in [6, 6.07) is 14.7. The Morgan fingerprint density at radius 2 is 1.66 bits per heavy atom. The van der Waals surface area contributed by atoms with Crippen LogP contribution in [0.2, 0.25) is 0 Å². The number of carbonyl (C=O) groups excluding carboxylic acids is 1. The summed E-state index contributed by atoms with van der Waals surface area (Å²) in [5.41, 5.74) is 1.08. The van der Waals surface area contributed by atoms with Crippen molar-refractivity contribution in [1.29, 1.82) is 0 Å². The van der Waals surface area contributed by atoms with Gasteiger partial charge < -0.3 is 15.5 Å². The molecule has 0 radical (unpaired) electrons. The highest BCUT2D eigenvalue weighted by molar-refractivity contribution is 5.81. The first-order valence-electron chi connectivity index (χ1n) is 9.18. The number of alkyl halides is 3. The minimum atomic E-state index is -4.34. The van der Waals surface area contributed by atoms with Crippen molar-refractivity contribution < 1.29 is 18.0 Å². The average Bonchev–Trinajstić information content (AvgIpc) is 2.70. The van der Waals surface area contributed by atoms with Crippen LogP contribution in [0.4, 0.5) is 13.2 Å². The number of guanidine groups is 1. The number of hydrogen-bond donors (Lipinski definition) is 2. The number of amides is 1. The van der Waals surface area contributed by atoms with Crippen LogP contribution in [0.25, 0.3) is 0 Å². The van der Waals surface area contributed by atoms with Crippen LogP contribution >= 0.6 is 0 Å². The molecule has 156 valence electrons. The highest BCUT2D eigenvalue weighted by Gasteiger charge is 2.29. The quantitative estimate of drug-likeness (QED) is 0.547. The molecule has 0 aliphatic rings. The highest BCUT2D eigenvalue weighted by Crippen LogP contribution is 2.29. The fourth-order valence-corrected chi connectivity index (χ4v) is 2.71. The normalized spacial score (nSPS) is 11.8. The molecule has 0 bridgehead atoms. The van der Waals surface area contributed by atoms with Crippen molar-refractivity contribution >= 4 is 11.9 Å². The van der Waals surface area contributed by atoms with Crippen molar-refractivity contribution in [2.24, 2.45) is 4.99 Å². The van der Waals surface area contributed by atoms with Crippen LogP contribution in [0.5, 0.6) is 0 Å². The van der Waals surface area contributed by atoms with Crippen molar-refractivity contribution in [2.75, 3.05) is 20.6 Å². The third-order valence-corrected chi connectivity index (χ3v) is 4.24. The lowest BCUT2D eigenvalue weighted by Crippen LogP contribution is -2.40. The monoisotopic (exact) mass is 406 g/mol. The first-order valence-corrected chi connectivity index (χ1v) is 9.18. The van der Waals surface area contributed by atoms with E-state index in [1.807, 2.05) is 30.3 Å². The average molecular weight is 406 g/mol. The van der Waals surface area contributed by atoms with E-state index in [9.17, 15) is 18.0 Å². The number of aliphatic imine (C=N–C) groups is 1. The molecule has 0 saturated heterocycles. The molecule has 8 heteroatoms. The second kappa shape index (κ2) is 10.5. The smallest absolute Gasteiger partial charge is 0.356 e. The molecular weight excluding hydrogens is 381 g/mol. The van der Waals surface area contributed by atoms with Gasteiger partial charge in [-0.15, -0.1) is 0 Å². The zero-order valence-electron chi connectivity index (χ0n) is 16.5. The number of nitrogens with one attached hydrogen (secondary N) is 2. The van der Waals surface area contributed by atoms with E-state index in [2.05, 4.69) is 15.6 Å². The van der Waals surface area contributed by atoms with E-state index in [4.69, 9.17) is 0 Å². The molecule has 2 aromatic carbocycles.